The molecule has 4 nitrogen and oxygen atoms in total. The van der Waals surface area contributed by atoms with Crippen LogP contribution >= 0.6 is 11.8 Å². The first-order valence-corrected chi connectivity index (χ1v) is 6.45. The van der Waals surface area contributed by atoms with E-state index in [1.165, 1.54) is 12.1 Å². The number of nitro groups is 1. The Balaban J connectivity index is 2.31. The summed E-state index contributed by atoms with van der Waals surface area (Å²) in [6.45, 7) is 1.92. The van der Waals surface area contributed by atoms with Gasteiger partial charge in [0.05, 0.1) is 9.67 Å². The van der Waals surface area contributed by atoms with Crippen molar-refractivity contribution in [1.29, 1.82) is 0 Å². The van der Waals surface area contributed by atoms with E-state index in [1.807, 2.05) is 6.92 Å². The standard InChI is InChI=1S/C12H13NO3S/c1-12(6-3-7-17-12)11(14)9-4-2-5-10(8-9)13(15)16/h2,4-5,8H,3,6-7H2,1H3. The lowest BCUT2D eigenvalue weighted by Gasteiger charge is -2.20. The van der Waals surface area contributed by atoms with Crippen LogP contribution in [-0.2, 0) is 0 Å². The van der Waals surface area contributed by atoms with Crippen LogP contribution in [0, 0.1) is 10.1 Å². The molecule has 0 bridgehead atoms. The van der Waals surface area contributed by atoms with Crippen molar-refractivity contribution >= 4 is 23.2 Å². The molecule has 1 saturated heterocycles. The lowest BCUT2D eigenvalue weighted by Crippen LogP contribution is -2.28. The third kappa shape index (κ3) is 2.34. The Labute approximate surface area is 104 Å². The van der Waals surface area contributed by atoms with Gasteiger partial charge in [-0.05, 0) is 25.5 Å². The normalized spacial score (nSPS) is 23.6. The van der Waals surface area contributed by atoms with Crippen LogP contribution in [0.15, 0.2) is 24.3 Å². The van der Waals surface area contributed by atoms with Gasteiger partial charge in [-0.1, -0.05) is 12.1 Å². The molecule has 1 aromatic rings. The first-order valence-electron chi connectivity index (χ1n) is 5.46. The minimum absolute atomic E-state index is 0.00343. The fourth-order valence-electron chi connectivity index (χ4n) is 2.02. The molecule has 1 aliphatic heterocycles. The fraction of sp³-hybridized carbons (Fsp3) is 0.417. The number of rotatable bonds is 3. The van der Waals surface area contributed by atoms with Crippen LogP contribution in [0.2, 0.25) is 0 Å². The summed E-state index contributed by atoms with van der Waals surface area (Å²) in [5, 5.41) is 10.7. The second-order valence-electron chi connectivity index (χ2n) is 4.32. The Morgan fingerprint density at radius 2 is 2.29 bits per heavy atom. The number of nitro benzene ring substituents is 1. The summed E-state index contributed by atoms with van der Waals surface area (Å²) in [4.78, 5) is 22.5. The lowest BCUT2D eigenvalue weighted by molar-refractivity contribution is -0.384. The average Bonchev–Trinajstić information content (AvgIpc) is 2.76. The summed E-state index contributed by atoms with van der Waals surface area (Å²) in [7, 11) is 0. The van der Waals surface area contributed by atoms with Crippen LogP contribution in [0.5, 0.6) is 0 Å². The highest BCUT2D eigenvalue weighted by Gasteiger charge is 2.37. The number of hydrogen-bond acceptors (Lipinski definition) is 4. The SMILES string of the molecule is CC1(C(=O)c2cccc([N+](=O)[O-])c2)CCCS1. The Kier molecular flexibility index (Phi) is 3.19. The summed E-state index contributed by atoms with van der Waals surface area (Å²) in [6.07, 6.45) is 1.88. The molecule has 2 rings (SSSR count). The van der Waals surface area contributed by atoms with Crippen molar-refractivity contribution in [2.75, 3.05) is 5.75 Å². The van der Waals surface area contributed by atoms with E-state index in [4.69, 9.17) is 0 Å². The number of thioether (sulfide) groups is 1. The molecule has 1 aliphatic rings. The second kappa shape index (κ2) is 4.49. The number of benzene rings is 1. The zero-order chi connectivity index (χ0) is 12.5. The lowest BCUT2D eigenvalue weighted by atomic mass is 9.94. The molecule has 1 fully saturated rings. The topological polar surface area (TPSA) is 60.2 Å². The van der Waals surface area contributed by atoms with Crippen molar-refractivity contribution < 1.29 is 9.72 Å². The molecule has 0 N–H and O–H groups in total. The van der Waals surface area contributed by atoms with Crippen LogP contribution in [0.4, 0.5) is 5.69 Å². The summed E-state index contributed by atoms with van der Waals surface area (Å²) < 4.78 is -0.408. The molecule has 17 heavy (non-hydrogen) atoms. The zero-order valence-corrected chi connectivity index (χ0v) is 10.3. The van der Waals surface area contributed by atoms with Gasteiger partial charge in [-0.25, -0.2) is 0 Å². The van der Waals surface area contributed by atoms with Crippen molar-refractivity contribution in [3.8, 4) is 0 Å². The fourth-order valence-corrected chi connectivity index (χ4v) is 3.30. The molecule has 1 atom stereocenters. The summed E-state index contributed by atoms with van der Waals surface area (Å²) in [5.74, 6) is 0.987. The van der Waals surface area contributed by atoms with Gasteiger partial charge in [0.2, 0.25) is 0 Å². The molecule has 0 radical (unpaired) electrons. The van der Waals surface area contributed by atoms with Crippen LogP contribution in [-0.4, -0.2) is 21.2 Å². The van der Waals surface area contributed by atoms with Gasteiger partial charge in [0.15, 0.2) is 5.78 Å². The van der Waals surface area contributed by atoms with Crippen molar-refractivity contribution in [3.63, 3.8) is 0 Å². The van der Waals surface area contributed by atoms with Crippen LogP contribution in [0.25, 0.3) is 0 Å². The molecule has 1 unspecified atom stereocenters. The number of nitrogens with zero attached hydrogens (tertiary/aromatic N) is 1. The van der Waals surface area contributed by atoms with E-state index in [0.29, 0.717) is 5.56 Å². The van der Waals surface area contributed by atoms with Gasteiger partial charge in [0.1, 0.15) is 0 Å². The first kappa shape index (κ1) is 12.1. The van der Waals surface area contributed by atoms with Crippen molar-refractivity contribution in [3.05, 3.63) is 39.9 Å². The molecule has 90 valence electrons. The van der Waals surface area contributed by atoms with E-state index in [2.05, 4.69) is 0 Å². The summed E-state index contributed by atoms with van der Waals surface area (Å²) >= 11 is 1.64. The zero-order valence-electron chi connectivity index (χ0n) is 9.51. The van der Waals surface area contributed by atoms with Gasteiger partial charge in [0.25, 0.3) is 5.69 Å². The molecule has 0 amide bonds. The molecular weight excluding hydrogens is 238 g/mol. The predicted octanol–water partition coefficient (Wildman–Crippen LogP) is 3.06. The number of non-ortho nitro benzene ring substituents is 1. The molecule has 1 aromatic carbocycles. The van der Waals surface area contributed by atoms with E-state index >= 15 is 0 Å². The maximum atomic E-state index is 12.3. The van der Waals surface area contributed by atoms with Crippen LogP contribution in [0.1, 0.15) is 30.1 Å². The Bertz CT molecular complexity index is 467. The van der Waals surface area contributed by atoms with Crippen molar-refractivity contribution in [2.24, 2.45) is 0 Å². The summed E-state index contributed by atoms with van der Waals surface area (Å²) in [6, 6.07) is 5.99. The first-order chi connectivity index (χ1) is 8.03. The Hall–Kier alpha value is -1.36. The van der Waals surface area contributed by atoms with Crippen LogP contribution < -0.4 is 0 Å². The third-order valence-electron chi connectivity index (χ3n) is 3.02. The van der Waals surface area contributed by atoms with Crippen molar-refractivity contribution in [2.45, 2.75) is 24.5 Å². The largest absolute Gasteiger partial charge is 0.293 e. The van der Waals surface area contributed by atoms with E-state index in [1.54, 1.807) is 23.9 Å². The molecule has 0 spiro atoms. The number of carbonyl (C=O) groups excluding carboxylic acids is 1. The molecule has 0 aromatic heterocycles. The number of carbonyl (C=O) groups is 1. The van der Waals surface area contributed by atoms with E-state index < -0.39 is 9.67 Å². The maximum absolute atomic E-state index is 12.3. The second-order valence-corrected chi connectivity index (χ2v) is 5.92. The maximum Gasteiger partial charge on any atom is 0.270 e. The van der Waals surface area contributed by atoms with Gasteiger partial charge in [-0.15, -0.1) is 11.8 Å². The van der Waals surface area contributed by atoms with Crippen molar-refractivity contribution in [1.82, 2.24) is 0 Å². The third-order valence-corrected chi connectivity index (χ3v) is 4.54. The van der Waals surface area contributed by atoms with E-state index in [-0.39, 0.29) is 11.5 Å². The van der Waals surface area contributed by atoms with E-state index in [9.17, 15) is 14.9 Å². The molecule has 1 heterocycles. The Morgan fingerprint density at radius 1 is 1.53 bits per heavy atom. The highest BCUT2D eigenvalue weighted by Crippen LogP contribution is 2.40. The number of hydrogen-bond donors (Lipinski definition) is 0. The molecule has 0 aliphatic carbocycles. The van der Waals surface area contributed by atoms with Gasteiger partial charge >= 0.3 is 0 Å². The Morgan fingerprint density at radius 3 is 2.88 bits per heavy atom. The minimum Gasteiger partial charge on any atom is -0.293 e. The predicted molar refractivity (Wildman–Crippen MR) is 67.5 cm³/mol. The van der Waals surface area contributed by atoms with Gasteiger partial charge in [0, 0.05) is 17.7 Å². The van der Waals surface area contributed by atoms with Gasteiger partial charge < -0.3 is 0 Å². The molecule has 0 saturated carbocycles. The van der Waals surface area contributed by atoms with Gasteiger partial charge in [-0.3, -0.25) is 14.9 Å². The highest BCUT2D eigenvalue weighted by molar-refractivity contribution is 8.01. The monoisotopic (exact) mass is 251 g/mol. The molecular formula is C12H13NO3S. The summed E-state index contributed by atoms with van der Waals surface area (Å²) in [5.41, 5.74) is 0.415. The smallest absolute Gasteiger partial charge is 0.270 e. The highest BCUT2D eigenvalue weighted by atomic mass is 32.2. The van der Waals surface area contributed by atoms with Gasteiger partial charge in [-0.2, -0.15) is 0 Å². The average molecular weight is 251 g/mol. The quantitative estimate of drug-likeness (QED) is 0.470. The van der Waals surface area contributed by atoms with E-state index in [0.717, 1.165) is 18.6 Å². The number of Topliss-reactive ketones (excluding diaryl/α,β-unsaturated/α-hetero) is 1. The molecule has 5 heteroatoms. The van der Waals surface area contributed by atoms with Crippen LogP contribution in [0.3, 0.4) is 0 Å². The number of ketones is 1. The minimum atomic E-state index is -0.471.